The van der Waals surface area contributed by atoms with Crippen molar-refractivity contribution in [3.63, 3.8) is 0 Å². The highest BCUT2D eigenvalue weighted by Gasteiger charge is 2.30. The largest absolute Gasteiger partial charge is 0.416 e. The van der Waals surface area contributed by atoms with E-state index in [1.807, 2.05) is 26.0 Å². The molecule has 142 valence electrons. The van der Waals surface area contributed by atoms with Crippen LogP contribution in [0.5, 0.6) is 0 Å². The van der Waals surface area contributed by atoms with E-state index in [-0.39, 0.29) is 11.7 Å². The van der Waals surface area contributed by atoms with E-state index in [1.165, 1.54) is 23.5 Å². The molecule has 3 aromatic rings. The van der Waals surface area contributed by atoms with E-state index >= 15 is 0 Å². The molecule has 0 spiro atoms. The fraction of sp³-hybridized carbons (Fsp3) is 0.222. The van der Waals surface area contributed by atoms with Gasteiger partial charge in [0, 0.05) is 17.4 Å². The quantitative estimate of drug-likeness (QED) is 0.488. The van der Waals surface area contributed by atoms with Gasteiger partial charge >= 0.3 is 12.2 Å². The summed E-state index contributed by atoms with van der Waals surface area (Å²) in [5.74, 6) is 0. The van der Waals surface area contributed by atoms with Crippen LogP contribution in [-0.2, 0) is 6.18 Å². The van der Waals surface area contributed by atoms with Crippen LogP contribution >= 0.6 is 23.6 Å². The number of urea groups is 1. The third kappa shape index (κ3) is 4.30. The number of carbonyl (C=O) groups is 1. The van der Waals surface area contributed by atoms with E-state index in [9.17, 15) is 18.0 Å². The van der Waals surface area contributed by atoms with Gasteiger partial charge in [0.15, 0.2) is 3.95 Å². The molecule has 2 amide bonds. The van der Waals surface area contributed by atoms with Crippen molar-refractivity contribution in [2.24, 2.45) is 0 Å². The third-order valence-corrected chi connectivity index (χ3v) is 5.08. The summed E-state index contributed by atoms with van der Waals surface area (Å²) in [6.07, 6.45) is -4.41. The molecule has 4 nitrogen and oxygen atoms in total. The Bertz CT molecular complexity index is 1020. The Morgan fingerprint density at radius 3 is 2.44 bits per heavy atom. The zero-order chi connectivity index (χ0) is 19.8. The van der Waals surface area contributed by atoms with Crippen LogP contribution in [0, 0.1) is 3.95 Å². The molecule has 0 atom stereocenters. The highest BCUT2D eigenvalue weighted by molar-refractivity contribution is 7.73. The molecule has 0 fully saturated rings. The van der Waals surface area contributed by atoms with E-state index in [0.29, 0.717) is 9.64 Å². The average Bonchev–Trinajstić information content (AvgIpc) is 2.93. The van der Waals surface area contributed by atoms with Gasteiger partial charge in [-0.15, -0.1) is 11.3 Å². The Balaban J connectivity index is 1.85. The number of aromatic amines is 1. The van der Waals surface area contributed by atoms with Crippen LogP contribution in [0.25, 0.3) is 10.2 Å². The number of rotatable bonds is 3. The maximum Gasteiger partial charge on any atom is 0.416 e. The molecule has 0 aliphatic heterocycles. The second-order valence-corrected chi connectivity index (χ2v) is 7.88. The number of anilines is 2. The van der Waals surface area contributed by atoms with Gasteiger partial charge in [-0.3, -0.25) is 4.90 Å². The molecule has 0 saturated heterocycles. The Morgan fingerprint density at radius 2 is 1.85 bits per heavy atom. The lowest BCUT2D eigenvalue weighted by Gasteiger charge is -2.27. The van der Waals surface area contributed by atoms with Gasteiger partial charge < -0.3 is 10.3 Å². The van der Waals surface area contributed by atoms with Gasteiger partial charge in [-0.2, -0.15) is 13.2 Å². The third-order valence-electron chi connectivity index (χ3n) is 3.88. The number of aromatic nitrogens is 1. The SMILES string of the molecule is CC(C)N(C(=O)Nc1ccc(C(F)(F)F)cc1)c1ccc2[nH]c(=S)sc2c1. The molecule has 2 N–H and O–H groups in total. The Labute approximate surface area is 162 Å². The van der Waals surface area contributed by atoms with Crippen LogP contribution in [0.4, 0.5) is 29.3 Å². The lowest BCUT2D eigenvalue weighted by atomic mass is 10.2. The number of benzene rings is 2. The predicted molar refractivity (Wildman–Crippen MR) is 105 cm³/mol. The molecule has 0 bridgehead atoms. The van der Waals surface area contributed by atoms with E-state index in [4.69, 9.17) is 12.2 Å². The molecule has 3 rings (SSSR count). The number of hydrogen-bond acceptors (Lipinski definition) is 3. The summed E-state index contributed by atoms with van der Waals surface area (Å²) in [5.41, 5.74) is 1.09. The summed E-state index contributed by atoms with van der Waals surface area (Å²) in [7, 11) is 0. The minimum Gasteiger partial charge on any atom is -0.337 e. The van der Waals surface area contributed by atoms with Crippen molar-refractivity contribution in [2.75, 3.05) is 10.2 Å². The molecular weight excluding hydrogens is 395 g/mol. The number of fused-ring (bicyclic) bond motifs is 1. The zero-order valence-electron chi connectivity index (χ0n) is 14.4. The Morgan fingerprint density at radius 1 is 1.19 bits per heavy atom. The van der Waals surface area contributed by atoms with Crippen LogP contribution in [0.2, 0.25) is 0 Å². The fourth-order valence-electron chi connectivity index (χ4n) is 2.66. The minimum absolute atomic E-state index is 0.163. The monoisotopic (exact) mass is 411 g/mol. The molecule has 0 saturated carbocycles. The number of nitrogens with zero attached hydrogens (tertiary/aromatic N) is 1. The first-order valence-corrected chi connectivity index (χ1v) is 9.28. The molecule has 9 heteroatoms. The summed E-state index contributed by atoms with van der Waals surface area (Å²) < 4.78 is 39.6. The Kier molecular flexibility index (Phi) is 5.25. The minimum atomic E-state index is -4.41. The molecule has 27 heavy (non-hydrogen) atoms. The number of carbonyl (C=O) groups excluding carboxylic acids is 1. The summed E-state index contributed by atoms with van der Waals surface area (Å²) in [5, 5.41) is 2.65. The van der Waals surface area contributed by atoms with E-state index in [0.717, 1.165) is 22.3 Å². The predicted octanol–water partition coefficient (Wildman–Crippen LogP) is 6.42. The number of thiazole rings is 1. The molecule has 0 radical (unpaired) electrons. The topological polar surface area (TPSA) is 48.1 Å². The van der Waals surface area contributed by atoms with Crippen LogP contribution in [0.3, 0.4) is 0 Å². The van der Waals surface area contributed by atoms with Crippen molar-refractivity contribution in [1.82, 2.24) is 4.98 Å². The lowest BCUT2D eigenvalue weighted by Crippen LogP contribution is -2.40. The second-order valence-electron chi connectivity index (χ2n) is 6.16. The average molecular weight is 411 g/mol. The Hall–Kier alpha value is -2.39. The smallest absolute Gasteiger partial charge is 0.337 e. The number of hydrogen-bond donors (Lipinski definition) is 2. The van der Waals surface area contributed by atoms with E-state index < -0.39 is 17.8 Å². The van der Waals surface area contributed by atoms with Gasteiger partial charge in [0.2, 0.25) is 0 Å². The normalized spacial score (nSPS) is 11.8. The number of halogens is 3. The highest BCUT2D eigenvalue weighted by atomic mass is 32.1. The molecular formula is C18H16F3N3OS2. The lowest BCUT2D eigenvalue weighted by molar-refractivity contribution is -0.137. The molecule has 0 unspecified atom stereocenters. The van der Waals surface area contributed by atoms with Crippen molar-refractivity contribution in [3.05, 3.63) is 52.0 Å². The van der Waals surface area contributed by atoms with Crippen LogP contribution < -0.4 is 10.2 Å². The first kappa shape index (κ1) is 19.4. The summed E-state index contributed by atoms with van der Waals surface area (Å²) in [6, 6.07) is 9.26. The number of nitrogens with one attached hydrogen (secondary N) is 2. The van der Waals surface area contributed by atoms with Crippen molar-refractivity contribution in [3.8, 4) is 0 Å². The standard InChI is InChI=1S/C18H16F3N3OS2/c1-10(2)24(13-7-8-14-15(9-13)27-17(26)23-14)16(25)22-12-5-3-11(4-6-12)18(19,20)21/h3-10H,1-2H3,(H,22,25)(H,23,26). The van der Waals surface area contributed by atoms with Gasteiger partial charge in [-0.1, -0.05) is 0 Å². The number of H-pyrrole nitrogens is 1. The zero-order valence-corrected chi connectivity index (χ0v) is 16.1. The van der Waals surface area contributed by atoms with Crippen LogP contribution in [0.1, 0.15) is 19.4 Å². The molecule has 0 aliphatic rings. The van der Waals surface area contributed by atoms with Gasteiger partial charge in [-0.05, 0) is 68.5 Å². The maximum absolute atomic E-state index is 12.7. The van der Waals surface area contributed by atoms with E-state index in [2.05, 4.69) is 10.3 Å². The van der Waals surface area contributed by atoms with Crippen LogP contribution in [0.15, 0.2) is 42.5 Å². The van der Waals surface area contributed by atoms with Gasteiger partial charge in [0.25, 0.3) is 0 Å². The highest BCUT2D eigenvalue weighted by Crippen LogP contribution is 2.30. The summed E-state index contributed by atoms with van der Waals surface area (Å²) >= 11 is 6.55. The first-order chi connectivity index (χ1) is 12.6. The van der Waals surface area contributed by atoms with Gasteiger partial charge in [-0.25, -0.2) is 4.79 Å². The first-order valence-electron chi connectivity index (χ1n) is 8.05. The molecule has 0 aliphatic carbocycles. The van der Waals surface area contributed by atoms with Crippen molar-refractivity contribution < 1.29 is 18.0 Å². The van der Waals surface area contributed by atoms with Crippen LogP contribution in [-0.4, -0.2) is 17.1 Å². The second kappa shape index (κ2) is 7.32. The maximum atomic E-state index is 12.7. The number of amides is 2. The fourth-order valence-corrected chi connectivity index (χ4v) is 3.81. The molecule has 1 aromatic heterocycles. The molecule has 1 heterocycles. The van der Waals surface area contributed by atoms with Crippen molar-refractivity contribution >= 4 is 51.2 Å². The van der Waals surface area contributed by atoms with Crippen molar-refractivity contribution in [2.45, 2.75) is 26.1 Å². The summed E-state index contributed by atoms with van der Waals surface area (Å²) in [6.45, 7) is 3.71. The number of alkyl halides is 3. The van der Waals surface area contributed by atoms with Gasteiger partial charge in [0.1, 0.15) is 0 Å². The van der Waals surface area contributed by atoms with E-state index in [1.54, 1.807) is 11.0 Å². The van der Waals surface area contributed by atoms with Crippen molar-refractivity contribution in [1.29, 1.82) is 0 Å². The summed E-state index contributed by atoms with van der Waals surface area (Å²) in [4.78, 5) is 17.3. The van der Waals surface area contributed by atoms with Gasteiger partial charge in [0.05, 0.1) is 15.8 Å². The molecule has 2 aromatic carbocycles.